The van der Waals surface area contributed by atoms with Crippen LogP contribution >= 0.6 is 0 Å². The van der Waals surface area contributed by atoms with Gasteiger partial charge in [-0.25, -0.2) is 4.79 Å². The molecule has 1 aromatic carbocycles. The first-order chi connectivity index (χ1) is 10.0. The van der Waals surface area contributed by atoms with Crippen LogP contribution < -0.4 is 5.73 Å². The summed E-state index contributed by atoms with van der Waals surface area (Å²) >= 11 is 0. The highest BCUT2D eigenvalue weighted by atomic mass is 16.4. The summed E-state index contributed by atoms with van der Waals surface area (Å²) in [6.07, 6.45) is 4.35. The number of benzene rings is 1. The van der Waals surface area contributed by atoms with Gasteiger partial charge in [0.05, 0.1) is 0 Å². The largest absolute Gasteiger partial charge is 0.478 e. The van der Waals surface area contributed by atoms with E-state index >= 15 is 0 Å². The second-order valence-electron chi connectivity index (χ2n) is 5.37. The lowest BCUT2D eigenvalue weighted by Gasteiger charge is -2.30. The first-order valence-electron chi connectivity index (χ1n) is 7.06. The van der Waals surface area contributed by atoms with Gasteiger partial charge < -0.3 is 10.8 Å². The van der Waals surface area contributed by atoms with Crippen molar-refractivity contribution in [2.45, 2.75) is 19.4 Å². The van der Waals surface area contributed by atoms with Crippen molar-refractivity contribution in [3.8, 4) is 0 Å². The monoisotopic (exact) mass is 288 g/mol. The number of carbonyl (C=O) groups excluding carboxylic acids is 1. The molecule has 0 unspecified atom stereocenters. The first-order valence-corrected chi connectivity index (χ1v) is 7.06. The molecule has 1 saturated heterocycles. The van der Waals surface area contributed by atoms with Crippen molar-refractivity contribution < 1.29 is 14.7 Å². The minimum Gasteiger partial charge on any atom is -0.478 e. The summed E-state index contributed by atoms with van der Waals surface area (Å²) in [6.45, 7) is 2.53. The fourth-order valence-corrected chi connectivity index (χ4v) is 2.60. The van der Waals surface area contributed by atoms with Gasteiger partial charge in [0, 0.05) is 18.5 Å². The minimum absolute atomic E-state index is 0.00563. The van der Waals surface area contributed by atoms with Crippen molar-refractivity contribution in [2.75, 3.05) is 13.1 Å². The normalized spacial score (nSPS) is 17.1. The lowest BCUT2D eigenvalue weighted by molar-refractivity contribution is -0.131. The van der Waals surface area contributed by atoms with Crippen molar-refractivity contribution in [1.82, 2.24) is 4.90 Å². The van der Waals surface area contributed by atoms with Crippen molar-refractivity contribution in [3.05, 3.63) is 41.5 Å². The highest BCUT2D eigenvalue weighted by Crippen LogP contribution is 2.19. The number of aliphatic carboxylic acids is 1. The van der Waals surface area contributed by atoms with Crippen molar-refractivity contribution in [2.24, 2.45) is 11.7 Å². The van der Waals surface area contributed by atoms with Gasteiger partial charge in [0.2, 0.25) is 5.91 Å². The predicted molar refractivity (Wildman–Crippen MR) is 80.3 cm³/mol. The number of hydrogen-bond acceptors (Lipinski definition) is 3. The molecule has 1 aliphatic heterocycles. The van der Waals surface area contributed by atoms with Crippen LogP contribution in [0, 0.1) is 5.92 Å². The van der Waals surface area contributed by atoms with E-state index in [1.165, 1.54) is 0 Å². The number of nitrogens with two attached hydrogens (primary N) is 1. The average Bonchev–Trinajstić information content (AvgIpc) is 2.46. The molecule has 2 rings (SSSR count). The van der Waals surface area contributed by atoms with Crippen LogP contribution in [0.5, 0.6) is 0 Å². The van der Waals surface area contributed by atoms with Gasteiger partial charge in [-0.3, -0.25) is 9.69 Å². The molecular weight excluding hydrogens is 268 g/mol. The van der Waals surface area contributed by atoms with Gasteiger partial charge in [0.1, 0.15) is 0 Å². The summed E-state index contributed by atoms with van der Waals surface area (Å²) in [6, 6.07) is 7.81. The van der Waals surface area contributed by atoms with E-state index < -0.39 is 5.97 Å². The zero-order chi connectivity index (χ0) is 15.2. The highest BCUT2D eigenvalue weighted by Gasteiger charge is 2.22. The molecule has 1 aromatic rings. The zero-order valence-corrected chi connectivity index (χ0v) is 11.9. The molecule has 0 radical (unpaired) electrons. The van der Waals surface area contributed by atoms with E-state index in [-0.39, 0.29) is 11.8 Å². The Morgan fingerprint density at radius 2 is 2.05 bits per heavy atom. The van der Waals surface area contributed by atoms with Gasteiger partial charge in [-0.15, -0.1) is 0 Å². The lowest BCUT2D eigenvalue weighted by Crippen LogP contribution is -2.38. The number of nitrogens with zero attached hydrogens (tertiary/aromatic N) is 1. The fraction of sp³-hybridized carbons (Fsp3) is 0.375. The molecule has 1 aliphatic rings. The third kappa shape index (κ3) is 4.72. The zero-order valence-electron chi connectivity index (χ0n) is 11.9. The van der Waals surface area contributed by atoms with E-state index in [1.807, 2.05) is 24.3 Å². The van der Waals surface area contributed by atoms with Gasteiger partial charge in [-0.1, -0.05) is 24.3 Å². The number of piperidine rings is 1. The maximum atomic E-state index is 11.1. The number of carbonyl (C=O) groups is 2. The van der Waals surface area contributed by atoms with E-state index in [2.05, 4.69) is 4.90 Å². The third-order valence-corrected chi connectivity index (χ3v) is 3.77. The van der Waals surface area contributed by atoms with Crippen molar-refractivity contribution >= 4 is 18.0 Å². The molecule has 0 aliphatic carbocycles. The summed E-state index contributed by atoms with van der Waals surface area (Å²) < 4.78 is 0. The number of carboxylic acids is 1. The van der Waals surface area contributed by atoms with E-state index in [1.54, 1.807) is 6.08 Å². The van der Waals surface area contributed by atoms with Crippen molar-refractivity contribution in [1.29, 1.82) is 0 Å². The molecule has 1 heterocycles. The Labute approximate surface area is 124 Å². The van der Waals surface area contributed by atoms with Gasteiger partial charge >= 0.3 is 5.97 Å². The van der Waals surface area contributed by atoms with Gasteiger partial charge in [-0.05, 0) is 43.1 Å². The molecule has 0 saturated carbocycles. The Kier molecular flexibility index (Phi) is 5.11. The average molecular weight is 288 g/mol. The standard InChI is InChI=1S/C16H20N2O3/c17-16(21)14-6-8-18(9-7-14)11-13-3-1-2-12(10-13)4-5-15(19)20/h1-5,10,14H,6-9,11H2,(H2,17,21)(H,19,20). The van der Waals surface area contributed by atoms with Crippen LogP contribution in [0.1, 0.15) is 24.0 Å². The van der Waals surface area contributed by atoms with Crippen LogP contribution in [-0.2, 0) is 16.1 Å². The summed E-state index contributed by atoms with van der Waals surface area (Å²) in [5.74, 6) is -1.14. The smallest absolute Gasteiger partial charge is 0.328 e. The van der Waals surface area contributed by atoms with E-state index in [9.17, 15) is 9.59 Å². The number of amides is 1. The molecular formula is C16H20N2O3. The maximum absolute atomic E-state index is 11.1. The van der Waals surface area contributed by atoms with Crippen LogP contribution in [0.15, 0.2) is 30.3 Å². The molecule has 21 heavy (non-hydrogen) atoms. The molecule has 1 amide bonds. The van der Waals surface area contributed by atoms with Gasteiger partial charge in [0.25, 0.3) is 0 Å². The summed E-state index contributed by atoms with van der Waals surface area (Å²) in [7, 11) is 0. The fourth-order valence-electron chi connectivity index (χ4n) is 2.60. The number of hydrogen-bond donors (Lipinski definition) is 2. The van der Waals surface area contributed by atoms with Crippen LogP contribution in [-0.4, -0.2) is 35.0 Å². The van der Waals surface area contributed by atoms with Crippen LogP contribution in [0.25, 0.3) is 6.08 Å². The molecule has 5 heteroatoms. The molecule has 1 fully saturated rings. The number of rotatable bonds is 5. The summed E-state index contributed by atoms with van der Waals surface area (Å²) in [5, 5.41) is 8.64. The van der Waals surface area contributed by atoms with Gasteiger partial charge in [0.15, 0.2) is 0 Å². The van der Waals surface area contributed by atoms with Gasteiger partial charge in [-0.2, -0.15) is 0 Å². The first kappa shape index (κ1) is 15.3. The van der Waals surface area contributed by atoms with Crippen LogP contribution in [0.2, 0.25) is 0 Å². The third-order valence-electron chi connectivity index (χ3n) is 3.77. The molecule has 0 spiro atoms. The highest BCUT2D eigenvalue weighted by molar-refractivity contribution is 5.85. The van der Waals surface area contributed by atoms with E-state index in [0.29, 0.717) is 0 Å². The topological polar surface area (TPSA) is 83.6 Å². The quantitative estimate of drug-likeness (QED) is 0.804. The molecule has 112 valence electrons. The Hall–Kier alpha value is -2.14. The lowest BCUT2D eigenvalue weighted by atomic mass is 9.96. The molecule has 0 bridgehead atoms. The number of carboxylic acid groups (broad SMARTS) is 1. The number of primary amides is 1. The minimum atomic E-state index is -0.950. The molecule has 0 aromatic heterocycles. The summed E-state index contributed by atoms with van der Waals surface area (Å²) in [4.78, 5) is 24.0. The number of likely N-dealkylation sites (tertiary alicyclic amines) is 1. The Bertz CT molecular complexity index is 546. The Morgan fingerprint density at radius 1 is 1.33 bits per heavy atom. The summed E-state index contributed by atoms with van der Waals surface area (Å²) in [5.41, 5.74) is 7.35. The van der Waals surface area contributed by atoms with Crippen LogP contribution in [0.3, 0.4) is 0 Å². The molecule has 5 nitrogen and oxygen atoms in total. The molecule has 0 atom stereocenters. The predicted octanol–water partition coefficient (Wildman–Crippen LogP) is 1.48. The van der Waals surface area contributed by atoms with E-state index in [4.69, 9.17) is 10.8 Å². The Balaban J connectivity index is 1.93. The second kappa shape index (κ2) is 7.04. The van der Waals surface area contributed by atoms with E-state index in [0.717, 1.165) is 49.7 Å². The molecule has 3 N–H and O–H groups in total. The second-order valence-corrected chi connectivity index (χ2v) is 5.37. The van der Waals surface area contributed by atoms with Crippen molar-refractivity contribution in [3.63, 3.8) is 0 Å². The SMILES string of the molecule is NC(=O)C1CCN(Cc2cccc(C=CC(=O)O)c2)CC1. The Morgan fingerprint density at radius 3 is 2.67 bits per heavy atom. The van der Waals surface area contributed by atoms with Crippen LogP contribution in [0.4, 0.5) is 0 Å². The maximum Gasteiger partial charge on any atom is 0.328 e.